The molecule has 0 spiro atoms. The molecule has 0 aliphatic carbocycles. The highest BCUT2D eigenvalue weighted by Gasteiger charge is 2.37. The molecule has 2 saturated heterocycles. The number of hydrogen-bond donors (Lipinski definition) is 0. The molecule has 2 aliphatic heterocycles. The smallest absolute Gasteiger partial charge is 0.247 e. The Hall–Kier alpha value is -5.23. The van der Waals surface area contributed by atoms with E-state index in [1.54, 1.807) is 17.9 Å². The van der Waals surface area contributed by atoms with Gasteiger partial charge >= 0.3 is 0 Å². The van der Waals surface area contributed by atoms with E-state index in [0.717, 1.165) is 68.3 Å². The van der Waals surface area contributed by atoms with Crippen molar-refractivity contribution in [1.82, 2.24) is 19.6 Å². The highest BCUT2D eigenvalue weighted by molar-refractivity contribution is 6.74. The number of piperazine rings is 2. The Bertz CT molecular complexity index is 2170. The lowest BCUT2D eigenvalue weighted by molar-refractivity contribution is -0.145. The minimum absolute atomic E-state index is 0.0265. The topological polar surface area (TPSA) is 79.9 Å². The minimum atomic E-state index is -1.79. The number of hydrogen-bond acceptors (Lipinski definition) is 7. The molecule has 2 fully saturated rings. The molecule has 0 unspecified atom stereocenters. The molecule has 1 atom stereocenters. The van der Waals surface area contributed by atoms with Gasteiger partial charge in [-0.25, -0.2) is 0 Å². The van der Waals surface area contributed by atoms with E-state index in [2.05, 4.69) is 130 Å². The summed E-state index contributed by atoms with van der Waals surface area (Å²) in [6.07, 6.45) is 3.90. The number of benzene rings is 4. The standard InChI is InChI=1S/C54H74N6O4Si/c1-42(2)48-22-15-44(16-23-48)21-28-52(62)60(41-47-19-26-50(27-20-47)58-35-33-57(34-36-58)43(3)61)51(39-45-13-11-10-12-14-45)53(63)59-31-29-56(30-32-59)40-46-17-24-49(25-18-46)55(7)37-38-64-65(8,9)54(4,5)6/h10-28,42,51H,29-41H2,1-9H3/t51-/m0/s1. The maximum absolute atomic E-state index is 14.9. The zero-order chi connectivity index (χ0) is 46.7. The third kappa shape index (κ3) is 13.7. The van der Waals surface area contributed by atoms with Crippen LogP contribution in [-0.2, 0) is 38.3 Å². The Morgan fingerprint density at radius 3 is 1.92 bits per heavy atom. The molecule has 3 amide bonds. The van der Waals surface area contributed by atoms with Gasteiger partial charge in [0, 0.05) is 110 Å². The largest absolute Gasteiger partial charge is 0.415 e. The Kier molecular flexibility index (Phi) is 16.9. The highest BCUT2D eigenvalue weighted by Crippen LogP contribution is 2.36. The van der Waals surface area contributed by atoms with Gasteiger partial charge in [0.2, 0.25) is 17.7 Å². The van der Waals surface area contributed by atoms with Crippen molar-refractivity contribution in [2.24, 2.45) is 0 Å². The summed E-state index contributed by atoms with van der Waals surface area (Å²) < 4.78 is 6.43. The maximum atomic E-state index is 14.9. The number of carbonyl (C=O) groups is 3. The zero-order valence-corrected chi connectivity index (χ0v) is 41.6. The molecule has 2 aliphatic rings. The van der Waals surface area contributed by atoms with Crippen LogP contribution >= 0.6 is 0 Å². The third-order valence-corrected chi connectivity index (χ3v) is 18.3. The minimum Gasteiger partial charge on any atom is -0.415 e. The van der Waals surface area contributed by atoms with Crippen LogP contribution < -0.4 is 9.80 Å². The lowest BCUT2D eigenvalue weighted by Crippen LogP contribution is -2.56. The van der Waals surface area contributed by atoms with E-state index in [4.69, 9.17) is 4.43 Å². The van der Waals surface area contributed by atoms with Crippen LogP contribution in [0, 0.1) is 0 Å². The van der Waals surface area contributed by atoms with Gasteiger partial charge in [0.15, 0.2) is 8.32 Å². The molecule has 0 aromatic heterocycles. The van der Waals surface area contributed by atoms with Crippen molar-refractivity contribution in [2.45, 2.75) is 91.1 Å². The van der Waals surface area contributed by atoms with E-state index in [0.29, 0.717) is 38.5 Å². The first kappa shape index (κ1) is 49.2. The predicted molar refractivity (Wildman–Crippen MR) is 270 cm³/mol. The normalized spacial score (nSPS) is 15.7. The fourth-order valence-corrected chi connectivity index (χ4v) is 9.32. The summed E-state index contributed by atoms with van der Waals surface area (Å²) in [5.74, 6) is 0.293. The number of nitrogens with zero attached hydrogens (tertiary/aromatic N) is 6. The fraction of sp³-hybridized carbons (Fsp3) is 0.463. The van der Waals surface area contributed by atoms with Gasteiger partial charge in [0.25, 0.3) is 0 Å². The molecule has 0 N–H and O–H groups in total. The highest BCUT2D eigenvalue weighted by atomic mass is 28.4. The summed E-state index contributed by atoms with van der Waals surface area (Å²) in [5.41, 5.74) is 7.64. The molecule has 11 heteroatoms. The van der Waals surface area contributed by atoms with Crippen LogP contribution in [0.2, 0.25) is 18.1 Å². The van der Waals surface area contributed by atoms with Crippen LogP contribution in [0.1, 0.15) is 75.3 Å². The molecule has 4 aromatic rings. The molecule has 10 nitrogen and oxygen atoms in total. The molecule has 4 aromatic carbocycles. The molecule has 0 bridgehead atoms. The van der Waals surface area contributed by atoms with Gasteiger partial charge in [-0.2, -0.15) is 0 Å². The van der Waals surface area contributed by atoms with Crippen LogP contribution in [-0.4, -0.2) is 124 Å². The average Bonchev–Trinajstić information content (AvgIpc) is 3.30. The van der Waals surface area contributed by atoms with Crippen molar-refractivity contribution in [2.75, 3.05) is 82.4 Å². The molecule has 65 heavy (non-hydrogen) atoms. The molecule has 0 saturated carbocycles. The Labute approximate surface area is 391 Å². The summed E-state index contributed by atoms with van der Waals surface area (Å²) in [7, 11) is 0.338. The Balaban J connectivity index is 1.15. The van der Waals surface area contributed by atoms with E-state index >= 15 is 0 Å². The number of amides is 3. The molecule has 6 rings (SSSR count). The van der Waals surface area contributed by atoms with Crippen molar-refractivity contribution < 1.29 is 18.8 Å². The number of rotatable bonds is 17. The van der Waals surface area contributed by atoms with Gasteiger partial charge < -0.3 is 28.9 Å². The van der Waals surface area contributed by atoms with Gasteiger partial charge in [0.05, 0.1) is 6.61 Å². The summed E-state index contributed by atoms with van der Waals surface area (Å²) in [6, 6.07) is 34.8. The SMILES string of the molecule is CC(=O)N1CCN(c2ccc(CN(C(=O)C=Cc3ccc(C(C)C)cc3)[C@@H](Cc3ccccc3)C(=O)N3CCN(Cc4ccc(N(C)CCO[Si](C)(C)C(C)(C)C)cc4)CC3)cc2)CC1. The van der Waals surface area contributed by atoms with Crippen LogP contribution in [0.4, 0.5) is 11.4 Å². The van der Waals surface area contributed by atoms with Gasteiger partial charge in [-0.05, 0) is 82.2 Å². The van der Waals surface area contributed by atoms with Crippen LogP contribution in [0.15, 0.2) is 109 Å². The number of likely N-dealkylation sites (N-methyl/N-ethyl adjacent to an activating group) is 1. The summed E-state index contributed by atoms with van der Waals surface area (Å²) >= 11 is 0. The summed E-state index contributed by atoms with van der Waals surface area (Å²) in [5, 5.41) is 0.193. The van der Waals surface area contributed by atoms with Gasteiger partial charge in [0.1, 0.15) is 6.04 Å². The second-order valence-corrected chi connectivity index (χ2v) is 24.6. The van der Waals surface area contributed by atoms with Crippen molar-refractivity contribution in [3.05, 3.63) is 137 Å². The van der Waals surface area contributed by atoms with E-state index in [1.165, 1.54) is 16.8 Å². The predicted octanol–water partition coefficient (Wildman–Crippen LogP) is 8.93. The second-order valence-electron chi connectivity index (χ2n) is 19.8. The lowest BCUT2D eigenvalue weighted by Gasteiger charge is -2.39. The quantitative estimate of drug-likeness (QED) is 0.0774. The van der Waals surface area contributed by atoms with Gasteiger partial charge in [-0.1, -0.05) is 113 Å². The van der Waals surface area contributed by atoms with Crippen molar-refractivity contribution in [1.29, 1.82) is 0 Å². The fourth-order valence-electron chi connectivity index (χ4n) is 8.29. The first-order chi connectivity index (χ1) is 31.0. The molecule has 348 valence electrons. The van der Waals surface area contributed by atoms with E-state index < -0.39 is 14.4 Å². The van der Waals surface area contributed by atoms with Crippen LogP contribution in [0.3, 0.4) is 0 Å². The van der Waals surface area contributed by atoms with Crippen molar-refractivity contribution in [3.63, 3.8) is 0 Å². The third-order valence-electron chi connectivity index (χ3n) is 13.8. The van der Waals surface area contributed by atoms with Crippen LogP contribution in [0.5, 0.6) is 0 Å². The average molecular weight is 899 g/mol. The van der Waals surface area contributed by atoms with Gasteiger partial charge in [-0.15, -0.1) is 0 Å². The lowest BCUT2D eigenvalue weighted by atomic mass is 10.0. The van der Waals surface area contributed by atoms with Crippen LogP contribution in [0.25, 0.3) is 6.08 Å². The summed E-state index contributed by atoms with van der Waals surface area (Å²) in [6.45, 7) is 25.6. The molecular formula is C54H74N6O4Si. The first-order valence-corrected chi connectivity index (χ1v) is 26.6. The Morgan fingerprint density at radius 2 is 1.34 bits per heavy atom. The van der Waals surface area contributed by atoms with Gasteiger partial charge in [-0.3, -0.25) is 19.3 Å². The van der Waals surface area contributed by atoms with E-state index in [-0.39, 0.29) is 29.3 Å². The monoisotopic (exact) mass is 899 g/mol. The van der Waals surface area contributed by atoms with Crippen molar-refractivity contribution >= 4 is 43.5 Å². The molecule has 2 heterocycles. The second kappa shape index (κ2) is 22.3. The first-order valence-electron chi connectivity index (χ1n) is 23.6. The van der Waals surface area contributed by atoms with E-state index in [1.807, 2.05) is 58.3 Å². The summed E-state index contributed by atoms with van der Waals surface area (Å²) in [4.78, 5) is 54.0. The maximum Gasteiger partial charge on any atom is 0.247 e. The van der Waals surface area contributed by atoms with Crippen molar-refractivity contribution in [3.8, 4) is 0 Å². The molecule has 0 radical (unpaired) electrons. The number of carbonyl (C=O) groups excluding carboxylic acids is 3. The zero-order valence-electron chi connectivity index (χ0n) is 40.6. The Morgan fingerprint density at radius 1 is 0.738 bits per heavy atom. The number of anilines is 2. The van der Waals surface area contributed by atoms with E-state index in [9.17, 15) is 14.4 Å². The molecular weight excluding hydrogens is 825 g/mol.